The number of hydrogen-bond donors (Lipinski definition) is 3. The quantitative estimate of drug-likeness (QED) is 0.141. The van der Waals surface area contributed by atoms with Gasteiger partial charge in [-0.2, -0.15) is 13.2 Å². The highest BCUT2D eigenvalue weighted by Crippen LogP contribution is 2.42. The second kappa shape index (κ2) is 13.7. The molecule has 0 unspecified atom stereocenters. The lowest BCUT2D eigenvalue weighted by Gasteiger charge is -2.31. The van der Waals surface area contributed by atoms with Crippen molar-refractivity contribution in [2.75, 3.05) is 13.2 Å². The van der Waals surface area contributed by atoms with Crippen molar-refractivity contribution in [2.24, 2.45) is 4.99 Å². The van der Waals surface area contributed by atoms with E-state index in [0.29, 0.717) is 29.9 Å². The fourth-order valence-electron chi connectivity index (χ4n) is 4.96. The van der Waals surface area contributed by atoms with Crippen LogP contribution in [0.5, 0.6) is 5.75 Å². The third-order valence-corrected chi connectivity index (χ3v) is 7.22. The highest BCUT2D eigenvalue weighted by Gasteiger charge is 2.53. The van der Waals surface area contributed by atoms with Gasteiger partial charge < -0.3 is 14.6 Å². The van der Waals surface area contributed by atoms with Crippen LogP contribution < -0.4 is 15.6 Å². The number of rotatable bonds is 12. The number of hydrogen-bond acceptors (Lipinski definition) is 6. The largest absolute Gasteiger partial charge is 0.494 e. The topological polar surface area (TPSA) is 92.2 Å². The van der Waals surface area contributed by atoms with Crippen LogP contribution in [-0.4, -0.2) is 35.7 Å². The molecule has 0 spiro atoms. The van der Waals surface area contributed by atoms with Crippen molar-refractivity contribution >= 4 is 11.8 Å². The van der Waals surface area contributed by atoms with Gasteiger partial charge >= 0.3 is 6.18 Å². The Labute approximate surface area is 253 Å². The summed E-state index contributed by atoms with van der Waals surface area (Å²) in [6.45, 7) is 0.508. The number of amides is 1. The maximum Gasteiger partial charge on any atom is 0.416 e. The molecule has 7 nitrogen and oxygen atoms in total. The van der Waals surface area contributed by atoms with Gasteiger partial charge in [0.05, 0.1) is 12.2 Å². The van der Waals surface area contributed by atoms with E-state index in [1.165, 1.54) is 12.1 Å². The first-order valence-corrected chi connectivity index (χ1v) is 14.2. The number of benzene rings is 4. The summed E-state index contributed by atoms with van der Waals surface area (Å²) in [7, 11) is 0. The van der Waals surface area contributed by atoms with Gasteiger partial charge in [-0.25, -0.2) is 10.4 Å². The Morgan fingerprint density at radius 2 is 1.55 bits per heavy atom. The molecule has 1 aliphatic heterocycles. The molecule has 0 aromatic heterocycles. The number of halogens is 3. The Morgan fingerprint density at radius 1 is 0.886 bits per heavy atom. The molecule has 4 aromatic rings. The predicted molar refractivity (Wildman–Crippen MR) is 160 cm³/mol. The van der Waals surface area contributed by atoms with Crippen LogP contribution >= 0.6 is 0 Å². The molecule has 1 aliphatic rings. The number of carbonyl (C=O) groups excluding carboxylic acids is 1. The van der Waals surface area contributed by atoms with E-state index in [1.54, 1.807) is 24.3 Å². The Hall–Kier alpha value is -4.67. The molecule has 2 atom stereocenters. The summed E-state index contributed by atoms with van der Waals surface area (Å²) in [5.41, 5.74) is 6.28. The van der Waals surface area contributed by atoms with Crippen LogP contribution in [0.1, 0.15) is 40.3 Å². The number of ether oxygens (including phenoxy) is 2. The zero-order valence-corrected chi connectivity index (χ0v) is 23.8. The number of nitrogens with zero attached hydrogens (tertiary/aromatic N) is 1. The predicted octanol–water partition coefficient (Wildman–Crippen LogP) is 5.79. The number of aliphatic imine (C=N–C) groups is 1. The Bertz CT molecular complexity index is 1550. The van der Waals surface area contributed by atoms with Crippen molar-refractivity contribution in [1.29, 1.82) is 0 Å². The van der Waals surface area contributed by atoms with E-state index >= 15 is 0 Å². The monoisotopic (exact) mass is 603 g/mol. The molecule has 0 bridgehead atoms. The van der Waals surface area contributed by atoms with E-state index in [1.807, 2.05) is 60.7 Å². The third-order valence-electron chi connectivity index (χ3n) is 7.22. The van der Waals surface area contributed by atoms with Gasteiger partial charge in [0.2, 0.25) is 5.90 Å². The first kappa shape index (κ1) is 30.8. The first-order chi connectivity index (χ1) is 21.3. The molecule has 0 saturated heterocycles. The summed E-state index contributed by atoms with van der Waals surface area (Å²) in [4.78, 5) is 19.1. The molecular formula is C34H32F3N3O4. The van der Waals surface area contributed by atoms with Crippen LogP contribution in [0, 0.1) is 0 Å². The van der Waals surface area contributed by atoms with Crippen molar-refractivity contribution in [2.45, 2.75) is 37.2 Å². The number of hydrazine groups is 1. The van der Waals surface area contributed by atoms with Crippen LogP contribution in [0.2, 0.25) is 0 Å². The number of alkyl halides is 3. The van der Waals surface area contributed by atoms with Crippen molar-refractivity contribution in [3.63, 3.8) is 0 Å². The molecule has 5 rings (SSSR count). The average molecular weight is 604 g/mol. The molecule has 44 heavy (non-hydrogen) atoms. The molecule has 1 amide bonds. The van der Waals surface area contributed by atoms with Crippen LogP contribution in [0.4, 0.5) is 13.2 Å². The van der Waals surface area contributed by atoms with Crippen molar-refractivity contribution in [3.05, 3.63) is 137 Å². The maximum atomic E-state index is 14.2. The highest BCUT2D eigenvalue weighted by molar-refractivity contribution is 6.01. The Kier molecular flexibility index (Phi) is 9.62. The zero-order chi connectivity index (χ0) is 31.0. The van der Waals surface area contributed by atoms with Gasteiger partial charge in [-0.05, 0) is 53.1 Å². The van der Waals surface area contributed by atoms with Gasteiger partial charge in [-0.1, -0.05) is 72.8 Å². The van der Waals surface area contributed by atoms with Gasteiger partial charge in [0.15, 0.2) is 11.6 Å². The molecule has 0 saturated carbocycles. The van der Waals surface area contributed by atoms with Crippen LogP contribution in [0.25, 0.3) is 0 Å². The summed E-state index contributed by atoms with van der Waals surface area (Å²) >= 11 is 0. The van der Waals surface area contributed by atoms with E-state index in [4.69, 9.17) is 19.6 Å². The summed E-state index contributed by atoms with van der Waals surface area (Å²) in [5, 5.41) is 9.01. The summed E-state index contributed by atoms with van der Waals surface area (Å²) < 4.78 is 51.0. The van der Waals surface area contributed by atoms with Gasteiger partial charge in [-0.3, -0.25) is 10.2 Å². The van der Waals surface area contributed by atoms with E-state index in [2.05, 4.69) is 10.9 Å². The standard InChI is InChI=1S/C34H32F3N3O4/c35-34(36,37)28-16-12-25(13-17-28)23-38-40-32(42)33(22-24-8-3-1-4-9-24)30(26-10-5-2-6-11-26)44-31(39-33)27-14-18-29(19-15-27)43-21-7-20-41/h1-6,8-19,30,38,41H,7,20-23H2,(H,40,42)/t30-,33-/m0/s1. The Morgan fingerprint density at radius 3 is 2.18 bits per heavy atom. The second-order valence-electron chi connectivity index (χ2n) is 10.4. The minimum Gasteiger partial charge on any atom is -0.494 e. The summed E-state index contributed by atoms with van der Waals surface area (Å²) in [5.74, 6) is 0.455. The van der Waals surface area contributed by atoms with E-state index in [0.717, 1.165) is 23.3 Å². The van der Waals surface area contributed by atoms with Gasteiger partial charge in [-0.15, -0.1) is 0 Å². The molecule has 4 aromatic carbocycles. The minimum atomic E-state index is -4.43. The normalized spacial score (nSPS) is 17.9. The number of carbonyl (C=O) groups is 1. The second-order valence-corrected chi connectivity index (χ2v) is 10.4. The molecule has 0 aliphatic carbocycles. The molecule has 1 heterocycles. The maximum absolute atomic E-state index is 14.2. The van der Waals surface area contributed by atoms with Gasteiger partial charge in [0, 0.05) is 31.6 Å². The van der Waals surface area contributed by atoms with Gasteiger partial charge in [0.25, 0.3) is 5.91 Å². The number of aliphatic hydroxyl groups is 1. The van der Waals surface area contributed by atoms with Crippen LogP contribution in [0.3, 0.4) is 0 Å². The Balaban J connectivity index is 1.44. The fourth-order valence-corrected chi connectivity index (χ4v) is 4.96. The van der Waals surface area contributed by atoms with Crippen molar-refractivity contribution in [1.82, 2.24) is 10.9 Å². The minimum absolute atomic E-state index is 0.0361. The van der Waals surface area contributed by atoms with Gasteiger partial charge in [0.1, 0.15) is 5.75 Å². The lowest BCUT2D eigenvalue weighted by molar-refractivity contribution is -0.137. The van der Waals surface area contributed by atoms with Crippen LogP contribution in [0.15, 0.2) is 114 Å². The highest BCUT2D eigenvalue weighted by atomic mass is 19.4. The van der Waals surface area contributed by atoms with Crippen molar-refractivity contribution < 1.29 is 32.5 Å². The third kappa shape index (κ3) is 7.27. The molecule has 0 radical (unpaired) electrons. The number of nitrogens with one attached hydrogen (secondary N) is 2. The first-order valence-electron chi connectivity index (χ1n) is 14.2. The molecule has 228 valence electrons. The molecule has 10 heteroatoms. The lowest BCUT2D eigenvalue weighted by Crippen LogP contribution is -2.53. The van der Waals surface area contributed by atoms with E-state index in [9.17, 15) is 18.0 Å². The summed E-state index contributed by atoms with van der Waals surface area (Å²) in [6.07, 6.45) is -4.48. The summed E-state index contributed by atoms with van der Waals surface area (Å²) in [6, 6.07) is 30.7. The molecule has 3 N–H and O–H groups in total. The van der Waals surface area contributed by atoms with Crippen LogP contribution in [-0.2, 0) is 28.7 Å². The number of aliphatic hydroxyl groups excluding tert-OH is 1. The van der Waals surface area contributed by atoms with E-state index in [-0.39, 0.29) is 25.5 Å². The van der Waals surface area contributed by atoms with Crippen molar-refractivity contribution in [3.8, 4) is 5.75 Å². The molecular weight excluding hydrogens is 571 g/mol. The smallest absolute Gasteiger partial charge is 0.416 e. The molecule has 0 fully saturated rings. The zero-order valence-electron chi connectivity index (χ0n) is 23.8. The fraction of sp³-hybridized carbons (Fsp3) is 0.235. The average Bonchev–Trinajstić information content (AvgIpc) is 3.42. The SMILES string of the molecule is O=C(NNCc1ccc(C(F)(F)F)cc1)[C@@]1(Cc2ccccc2)N=C(c2ccc(OCCCO)cc2)O[C@H]1c1ccccc1. The lowest BCUT2D eigenvalue weighted by atomic mass is 9.82. The van der Waals surface area contributed by atoms with E-state index < -0.39 is 29.3 Å².